The molecule has 2 N–H and O–H groups in total. The van der Waals surface area contributed by atoms with Crippen LogP contribution < -0.4 is 5.32 Å². The van der Waals surface area contributed by atoms with Crippen LogP contribution in [0.4, 0.5) is 0 Å². The first-order valence-electron chi connectivity index (χ1n) is 6.61. The maximum absolute atomic E-state index is 11.7. The van der Waals surface area contributed by atoms with Gasteiger partial charge in [0, 0.05) is 12.6 Å². The number of carboxylic acid groups (broad SMARTS) is 1. The van der Waals surface area contributed by atoms with Gasteiger partial charge in [0.2, 0.25) is 5.91 Å². The van der Waals surface area contributed by atoms with E-state index in [9.17, 15) is 9.59 Å². The van der Waals surface area contributed by atoms with Gasteiger partial charge in [-0.1, -0.05) is 19.1 Å². The van der Waals surface area contributed by atoms with Crippen molar-refractivity contribution in [1.29, 1.82) is 5.26 Å². The molecule has 0 saturated carbocycles. The fourth-order valence-corrected chi connectivity index (χ4v) is 1.58. The van der Waals surface area contributed by atoms with Gasteiger partial charge in [0.15, 0.2) is 0 Å². The van der Waals surface area contributed by atoms with Crippen LogP contribution in [0.3, 0.4) is 0 Å². The number of amides is 1. The minimum Gasteiger partial charge on any atom is -0.481 e. The van der Waals surface area contributed by atoms with Crippen LogP contribution in [0.2, 0.25) is 0 Å². The Labute approximate surface area is 123 Å². The molecule has 1 unspecified atom stereocenters. The molecule has 21 heavy (non-hydrogen) atoms. The number of nitriles is 1. The minimum absolute atomic E-state index is 0.0697. The van der Waals surface area contributed by atoms with Gasteiger partial charge in [0.25, 0.3) is 0 Å². The molecule has 0 radical (unpaired) electrons. The number of benzene rings is 1. The molecule has 1 rings (SSSR count). The first-order valence-corrected chi connectivity index (χ1v) is 6.61. The number of hydrogen-bond donors (Lipinski definition) is 2. The predicted octanol–water partition coefficient (Wildman–Crippen LogP) is 2.19. The summed E-state index contributed by atoms with van der Waals surface area (Å²) in [6.45, 7) is 3.43. The summed E-state index contributed by atoms with van der Waals surface area (Å²) in [6, 6.07) is 8.87. The van der Waals surface area contributed by atoms with Crippen molar-refractivity contribution in [2.75, 3.05) is 6.54 Å². The summed E-state index contributed by atoms with van der Waals surface area (Å²) in [7, 11) is 0. The van der Waals surface area contributed by atoms with Gasteiger partial charge in [-0.2, -0.15) is 5.26 Å². The fraction of sp³-hybridized carbons (Fsp3) is 0.312. The lowest BCUT2D eigenvalue weighted by Crippen LogP contribution is -2.40. The normalized spacial score (nSPS) is 13.4. The summed E-state index contributed by atoms with van der Waals surface area (Å²) in [6.07, 6.45) is 3.34. The van der Waals surface area contributed by atoms with Crippen LogP contribution in [0.15, 0.2) is 30.3 Å². The Morgan fingerprint density at radius 2 is 2.19 bits per heavy atom. The molecule has 1 atom stereocenters. The van der Waals surface area contributed by atoms with Gasteiger partial charge in [-0.05, 0) is 37.1 Å². The minimum atomic E-state index is -0.968. The Kier molecular flexibility index (Phi) is 5.67. The van der Waals surface area contributed by atoms with Crippen molar-refractivity contribution in [3.05, 3.63) is 41.5 Å². The smallest absolute Gasteiger partial charge is 0.311 e. The zero-order valence-corrected chi connectivity index (χ0v) is 12.1. The van der Waals surface area contributed by atoms with Crippen LogP contribution in [0.5, 0.6) is 0 Å². The van der Waals surface area contributed by atoms with E-state index < -0.39 is 11.4 Å². The lowest BCUT2D eigenvalue weighted by Gasteiger charge is -2.22. The number of hydrogen-bond acceptors (Lipinski definition) is 3. The number of nitrogens with one attached hydrogen (secondary N) is 1. The highest BCUT2D eigenvalue weighted by Gasteiger charge is 2.31. The maximum Gasteiger partial charge on any atom is 0.311 e. The number of carboxylic acids is 1. The van der Waals surface area contributed by atoms with Crippen LogP contribution in [-0.2, 0) is 9.59 Å². The Hall–Kier alpha value is -2.61. The van der Waals surface area contributed by atoms with E-state index in [2.05, 4.69) is 5.32 Å². The molecule has 0 aliphatic carbocycles. The molecule has 0 saturated heterocycles. The van der Waals surface area contributed by atoms with E-state index >= 15 is 0 Å². The first-order chi connectivity index (χ1) is 9.91. The molecular weight excluding hydrogens is 268 g/mol. The van der Waals surface area contributed by atoms with Gasteiger partial charge in [-0.15, -0.1) is 0 Å². The van der Waals surface area contributed by atoms with Crippen LogP contribution in [0.1, 0.15) is 31.4 Å². The highest BCUT2D eigenvalue weighted by molar-refractivity contribution is 5.92. The monoisotopic (exact) mass is 286 g/mol. The van der Waals surface area contributed by atoms with Crippen molar-refractivity contribution >= 4 is 18.0 Å². The van der Waals surface area contributed by atoms with E-state index in [1.165, 1.54) is 6.08 Å². The van der Waals surface area contributed by atoms with Gasteiger partial charge < -0.3 is 10.4 Å². The third-order valence-corrected chi connectivity index (χ3v) is 3.39. The van der Waals surface area contributed by atoms with Crippen LogP contribution in [-0.4, -0.2) is 23.5 Å². The quantitative estimate of drug-likeness (QED) is 0.784. The standard InChI is InChI=1S/C16H18N2O3/c1-3-16(2,15(20)21)11-18-14(19)8-7-12-5-4-6-13(9-12)10-17/h4-9H,3,11H2,1-2H3,(H,18,19)(H,20,21)/b8-7+. The lowest BCUT2D eigenvalue weighted by atomic mass is 9.88. The second kappa shape index (κ2) is 7.25. The number of carbonyl (C=O) groups excluding carboxylic acids is 1. The second-order valence-electron chi connectivity index (χ2n) is 5.01. The summed E-state index contributed by atoms with van der Waals surface area (Å²) < 4.78 is 0. The van der Waals surface area contributed by atoms with Crippen molar-refractivity contribution in [3.8, 4) is 6.07 Å². The van der Waals surface area contributed by atoms with Crippen molar-refractivity contribution < 1.29 is 14.7 Å². The summed E-state index contributed by atoms with van der Waals surface area (Å²) in [5.74, 6) is -1.30. The van der Waals surface area contributed by atoms with Gasteiger partial charge >= 0.3 is 5.97 Å². The largest absolute Gasteiger partial charge is 0.481 e. The average Bonchev–Trinajstić information content (AvgIpc) is 2.50. The molecule has 0 fully saturated rings. The van der Waals surface area contributed by atoms with E-state index in [4.69, 9.17) is 10.4 Å². The highest BCUT2D eigenvalue weighted by atomic mass is 16.4. The summed E-state index contributed by atoms with van der Waals surface area (Å²) in [5, 5.41) is 20.5. The van der Waals surface area contributed by atoms with E-state index in [0.29, 0.717) is 12.0 Å². The van der Waals surface area contributed by atoms with Gasteiger partial charge in [-0.25, -0.2) is 0 Å². The molecule has 0 aromatic heterocycles. The molecule has 5 nitrogen and oxygen atoms in total. The van der Waals surface area contributed by atoms with Crippen molar-refractivity contribution in [1.82, 2.24) is 5.32 Å². The first kappa shape index (κ1) is 16.4. The molecule has 0 heterocycles. The SMILES string of the molecule is CCC(C)(CNC(=O)/C=C/c1cccc(C#N)c1)C(=O)O. The predicted molar refractivity (Wildman–Crippen MR) is 79.2 cm³/mol. The maximum atomic E-state index is 11.7. The summed E-state index contributed by atoms with van der Waals surface area (Å²) in [5.41, 5.74) is 0.284. The fourth-order valence-electron chi connectivity index (χ4n) is 1.58. The summed E-state index contributed by atoms with van der Waals surface area (Å²) >= 11 is 0. The number of nitrogens with zero attached hydrogens (tertiary/aromatic N) is 1. The van der Waals surface area contributed by atoms with E-state index in [-0.39, 0.29) is 12.5 Å². The van der Waals surface area contributed by atoms with Crippen LogP contribution in [0.25, 0.3) is 6.08 Å². The topological polar surface area (TPSA) is 90.2 Å². The summed E-state index contributed by atoms with van der Waals surface area (Å²) in [4.78, 5) is 22.8. The highest BCUT2D eigenvalue weighted by Crippen LogP contribution is 2.19. The number of carbonyl (C=O) groups is 2. The zero-order valence-electron chi connectivity index (χ0n) is 12.1. The van der Waals surface area contributed by atoms with E-state index in [1.54, 1.807) is 44.2 Å². The third kappa shape index (κ3) is 4.77. The molecule has 0 aliphatic heterocycles. The van der Waals surface area contributed by atoms with Crippen molar-refractivity contribution in [2.24, 2.45) is 5.41 Å². The molecule has 0 aliphatic rings. The van der Waals surface area contributed by atoms with E-state index in [1.807, 2.05) is 6.07 Å². The number of rotatable bonds is 6. The number of aliphatic carboxylic acids is 1. The Morgan fingerprint density at radius 3 is 2.76 bits per heavy atom. The molecule has 0 spiro atoms. The van der Waals surface area contributed by atoms with E-state index in [0.717, 1.165) is 5.56 Å². The molecule has 1 amide bonds. The molecular formula is C16H18N2O3. The van der Waals surface area contributed by atoms with Gasteiger partial charge in [0.05, 0.1) is 17.0 Å². The molecule has 5 heteroatoms. The Bertz CT molecular complexity index is 602. The molecule has 0 bridgehead atoms. The third-order valence-electron chi connectivity index (χ3n) is 3.39. The van der Waals surface area contributed by atoms with Crippen molar-refractivity contribution in [2.45, 2.75) is 20.3 Å². The van der Waals surface area contributed by atoms with Gasteiger partial charge in [0.1, 0.15) is 0 Å². The Morgan fingerprint density at radius 1 is 1.48 bits per heavy atom. The zero-order chi connectivity index (χ0) is 15.9. The second-order valence-corrected chi connectivity index (χ2v) is 5.01. The lowest BCUT2D eigenvalue weighted by molar-refractivity contribution is -0.148. The Balaban J connectivity index is 2.63. The molecule has 1 aromatic carbocycles. The van der Waals surface area contributed by atoms with Crippen molar-refractivity contribution in [3.63, 3.8) is 0 Å². The van der Waals surface area contributed by atoms with Gasteiger partial charge in [-0.3, -0.25) is 9.59 Å². The van der Waals surface area contributed by atoms with Crippen LogP contribution >= 0.6 is 0 Å². The average molecular weight is 286 g/mol. The molecule has 1 aromatic rings. The molecule has 110 valence electrons. The van der Waals surface area contributed by atoms with Crippen LogP contribution in [0, 0.1) is 16.7 Å².